The van der Waals surface area contributed by atoms with Crippen LogP contribution in [0.4, 0.5) is 5.69 Å². The maximum atomic E-state index is 13.0. The lowest BCUT2D eigenvalue weighted by Gasteiger charge is -2.42. The number of rotatable bonds is 2. The number of benzene rings is 2. The first-order valence-electron chi connectivity index (χ1n) is 8.82. The van der Waals surface area contributed by atoms with Gasteiger partial charge in [-0.3, -0.25) is 9.69 Å². The first-order chi connectivity index (χ1) is 13.5. The van der Waals surface area contributed by atoms with Crippen LogP contribution >= 0.6 is 39.3 Å². The highest BCUT2D eigenvalue weighted by atomic mass is 79.9. The minimum absolute atomic E-state index is 0.0365. The number of anilines is 1. The van der Waals surface area contributed by atoms with Gasteiger partial charge in [0.25, 0.3) is 0 Å². The van der Waals surface area contributed by atoms with Crippen molar-refractivity contribution in [2.75, 3.05) is 17.4 Å². The van der Waals surface area contributed by atoms with E-state index in [0.717, 1.165) is 26.3 Å². The van der Waals surface area contributed by atoms with E-state index in [0.29, 0.717) is 29.6 Å². The fraction of sp³-hybridized carbons (Fsp3) is 0.238. The van der Waals surface area contributed by atoms with E-state index in [1.807, 2.05) is 49.4 Å². The number of allylic oxidation sites excluding steroid dienone is 1. The summed E-state index contributed by atoms with van der Waals surface area (Å²) >= 11 is 11.3. The Balaban J connectivity index is 1.67. The highest BCUT2D eigenvalue weighted by Crippen LogP contribution is 2.43. The Morgan fingerprint density at radius 1 is 1.29 bits per heavy atom. The van der Waals surface area contributed by atoms with Gasteiger partial charge in [-0.2, -0.15) is 5.26 Å². The zero-order valence-electron chi connectivity index (χ0n) is 15.2. The molecule has 1 amide bonds. The van der Waals surface area contributed by atoms with E-state index in [1.54, 1.807) is 4.90 Å². The lowest BCUT2D eigenvalue weighted by molar-refractivity contribution is -0.129. The van der Waals surface area contributed by atoms with Crippen LogP contribution in [0.1, 0.15) is 23.5 Å². The molecule has 142 valence electrons. The van der Waals surface area contributed by atoms with Crippen molar-refractivity contribution in [2.24, 2.45) is 0 Å². The lowest BCUT2D eigenvalue weighted by atomic mass is 9.86. The quantitative estimate of drug-likeness (QED) is 0.566. The van der Waals surface area contributed by atoms with Crippen LogP contribution in [0.2, 0.25) is 5.02 Å². The normalized spacial score (nSPS) is 19.5. The molecular formula is C21H17BrClN3OS. The summed E-state index contributed by atoms with van der Waals surface area (Å²) in [5.74, 6) is 0.498. The number of fused-ring (bicyclic) bond motifs is 1. The number of amides is 1. The molecule has 1 saturated heterocycles. The van der Waals surface area contributed by atoms with E-state index in [9.17, 15) is 10.1 Å². The van der Waals surface area contributed by atoms with E-state index < -0.39 is 0 Å². The molecule has 2 aliphatic rings. The van der Waals surface area contributed by atoms with Crippen molar-refractivity contribution >= 4 is 50.9 Å². The molecule has 0 N–H and O–H groups in total. The zero-order valence-corrected chi connectivity index (χ0v) is 18.3. The maximum absolute atomic E-state index is 13.0. The predicted molar refractivity (Wildman–Crippen MR) is 117 cm³/mol. The van der Waals surface area contributed by atoms with Gasteiger partial charge < -0.3 is 4.90 Å². The van der Waals surface area contributed by atoms with Gasteiger partial charge in [0.05, 0.1) is 29.2 Å². The second-order valence-electron chi connectivity index (χ2n) is 6.85. The maximum Gasteiger partial charge on any atom is 0.229 e. The van der Waals surface area contributed by atoms with Gasteiger partial charge >= 0.3 is 0 Å². The van der Waals surface area contributed by atoms with Crippen molar-refractivity contribution < 1.29 is 4.79 Å². The number of carbonyl (C=O) groups is 1. The van der Waals surface area contributed by atoms with Gasteiger partial charge in [0.2, 0.25) is 5.91 Å². The topological polar surface area (TPSA) is 47.3 Å². The highest BCUT2D eigenvalue weighted by Gasteiger charge is 2.38. The number of thioether (sulfide) groups is 1. The molecule has 2 heterocycles. The minimum Gasteiger partial charge on any atom is -0.344 e. The van der Waals surface area contributed by atoms with Crippen molar-refractivity contribution in [3.05, 3.63) is 73.7 Å². The standard InChI is InChI=1S/C21H17BrClN3OS/c1-13-5-6-16(8-19(13)23)25-11-26-20(27)9-17(14-3-2-4-15(22)7-14)18(10-24)21(26)28-12-25/h2-8,17H,9,11-12H2,1H3. The number of hydrogen-bond acceptors (Lipinski definition) is 4. The molecule has 0 aromatic heterocycles. The lowest BCUT2D eigenvalue weighted by Crippen LogP contribution is -2.47. The predicted octanol–water partition coefficient (Wildman–Crippen LogP) is 5.63. The summed E-state index contributed by atoms with van der Waals surface area (Å²) in [6.07, 6.45) is 0.298. The van der Waals surface area contributed by atoms with Crippen LogP contribution < -0.4 is 4.90 Å². The van der Waals surface area contributed by atoms with Gasteiger partial charge in [-0.15, -0.1) is 0 Å². The first-order valence-corrected chi connectivity index (χ1v) is 11.0. The van der Waals surface area contributed by atoms with Gasteiger partial charge in [0.1, 0.15) is 0 Å². The summed E-state index contributed by atoms with van der Waals surface area (Å²) in [6, 6.07) is 16.1. The third-order valence-electron chi connectivity index (χ3n) is 5.07. The number of nitrogens with zero attached hydrogens (tertiary/aromatic N) is 3. The Morgan fingerprint density at radius 3 is 2.82 bits per heavy atom. The minimum atomic E-state index is -0.200. The summed E-state index contributed by atoms with van der Waals surface area (Å²) in [5.41, 5.74) is 3.65. The number of hydrogen-bond donors (Lipinski definition) is 0. The number of carbonyl (C=O) groups excluding carboxylic acids is 1. The smallest absolute Gasteiger partial charge is 0.229 e. The van der Waals surface area contributed by atoms with E-state index in [4.69, 9.17) is 11.6 Å². The van der Waals surface area contributed by atoms with Crippen LogP contribution in [0.5, 0.6) is 0 Å². The molecule has 7 heteroatoms. The average molecular weight is 475 g/mol. The molecule has 2 aromatic carbocycles. The molecule has 0 bridgehead atoms. The molecule has 1 unspecified atom stereocenters. The SMILES string of the molecule is Cc1ccc(N2CSC3=C(C#N)C(c4cccc(Br)c4)CC(=O)N3C2)cc1Cl. The largest absolute Gasteiger partial charge is 0.344 e. The fourth-order valence-corrected chi connectivity index (χ4v) is 5.27. The van der Waals surface area contributed by atoms with Gasteiger partial charge in [-0.05, 0) is 42.3 Å². The van der Waals surface area contributed by atoms with Crippen LogP contribution in [0.3, 0.4) is 0 Å². The average Bonchev–Trinajstić information content (AvgIpc) is 2.70. The van der Waals surface area contributed by atoms with Crippen LogP contribution in [-0.4, -0.2) is 23.4 Å². The molecule has 2 aromatic rings. The van der Waals surface area contributed by atoms with Crippen LogP contribution in [0.25, 0.3) is 0 Å². The van der Waals surface area contributed by atoms with E-state index in [-0.39, 0.29) is 11.8 Å². The monoisotopic (exact) mass is 473 g/mol. The zero-order chi connectivity index (χ0) is 19.8. The Kier molecular flexibility index (Phi) is 5.42. The molecule has 4 nitrogen and oxygen atoms in total. The molecular weight excluding hydrogens is 458 g/mol. The van der Waals surface area contributed by atoms with Crippen molar-refractivity contribution in [3.8, 4) is 6.07 Å². The van der Waals surface area contributed by atoms with Crippen molar-refractivity contribution in [2.45, 2.75) is 19.3 Å². The molecule has 0 spiro atoms. The van der Waals surface area contributed by atoms with Crippen LogP contribution in [0, 0.1) is 18.3 Å². The fourth-order valence-electron chi connectivity index (χ4n) is 3.51. The van der Waals surface area contributed by atoms with Gasteiger partial charge in [0, 0.05) is 27.5 Å². The molecule has 4 rings (SSSR count). The number of aryl methyl sites for hydroxylation is 1. The molecule has 0 aliphatic carbocycles. The molecule has 1 fully saturated rings. The summed E-state index contributed by atoms with van der Waals surface area (Å²) in [6.45, 7) is 2.39. The Bertz CT molecular complexity index is 1030. The molecule has 0 saturated carbocycles. The summed E-state index contributed by atoms with van der Waals surface area (Å²) in [4.78, 5) is 16.8. The Hall–Kier alpha value is -1.94. The van der Waals surface area contributed by atoms with E-state index >= 15 is 0 Å². The molecule has 2 aliphatic heterocycles. The molecule has 0 radical (unpaired) electrons. The van der Waals surface area contributed by atoms with Gasteiger partial charge in [-0.1, -0.05) is 57.5 Å². The second kappa shape index (κ2) is 7.82. The Labute approximate surface area is 181 Å². The van der Waals surface area contributed by atoms with E-state index in [2.05, 4.69) is 26.9 Å². The second-order valence-corrected chi connectivity index (χ2v) is 9.11. The molecule has 28 heavy (non-hydrogen) atoms. The van der Waals surface area contributed by atoms with Crippen molar-refractivity contribution in [1.29, 1.82) is 5.26 Å². The summed E-state index contributed by atoms with van der Waals surface area (Å²) < 4.78 is 0.945. The molecule has 1 atom stereocenters. The number of nitriles is 1. The van der Waals surface area contributed by atoms with Crippen LogP contribution in [-0.2, 0) is 4.79 Å². The van der Waals surface area contributed by atoms with Gasteiger partial charge in [0.15, 0.2) is 0 Å². The third kappa shape index (κ3) is 3.55. The highest BCUT2D eigenvalue weighted by molar-refractivity contribution is 9.10. The van der Waals surface area contributed by atoms with Crippen molar-refractivity contribution in [1.82, 2.24) is 4.90 Å². The first kappa shape index (κ1) is 19.4. The van der Waals surface area contributed by atoms with Crippen LogP contribution in [0.15, 0.2) is 57.5 Å². The summed E-state index contributed by atoms with van der Waals surface area (Å²) in [7, 11) is 0. The number of halogens is 2. The Morgan fingerprint density at radius 2 is 2.11 bits per heavy atom. The summed E-state index contributed by atoms with van der Waals surface area (Å²) in [5, 5.41) is 11.4. The van der Waals surface area contributed by atoms with Crippen molar-refractivity contribution in [3.63, 3.8) is 0 Å². The van der Waals surface area contributed by atoms with E-state index in [1.165, 1.54) is 11.8 Å². The third-order valence-corrected chi connectivity index (χ3v) is 7.12. The van der Waals surface area contributed by atoms with Gasteiger partial charge in [-0.25, -0.2) is 0 Å².